The topological polar surface area (TPSA) is 48.4 Å². The number of methoxy groups -OCH3 is 1. The molecule has 6 heteroatoms. The Morgan fingerprint density at radius 2 is 2.00 bits per heavy atom. The molecule has 120 valence electrons. The third kappa shape index (κ3) is 2.45. The van der Waals surface area contributed by atoms with Crippen LogP contribution in [-0.4, -0.2) is 18.1 Å². The third-order valence-electron chi connectivity index (χ3n) is 3.74. The molecule has 0 atom stereocenters. The molecule has 3 aromatic rings. The highest BCUT2D eigenvalue weighted by Crippen LogP contribution is 2.48. The number of esters is 1. The van der Waals surface area contributed by atoms with E-state index in [9.17, 15) is 9.18 Å². The van der Waals surface area contributed by atoms with Gasteiger partial charge in [-0.05, 0) is 30.3 Å². The average molecular weight is 341 g/mol. The van der Waals surface area contributed by atoms with Gasteiger partial charge in [-0.15, -0.1) is 11.3 Å². The normalized spacial score (nSPS) is 11.6. The van der Waals surface area contributed by atoms with Gasteiger partial charge in [-0.2, -0.15) is 0 Å². The summed E-state index contributed by atoms with van der Waals surface area (Å²) in [4.78, 5) is 17.0. The zero-order valence-electron chi connectivity index (χ0n) is 12.7. The van der Waals surface area contributed by atoms with Gasteiger partial charge in [0.2, 0.25) is 0 Å². The number of fused-ring (bicyclic) bond motifs is 5. The number of halogens is 1. The Morgan fingerprint density at radius 1 is 1.21 bits per heavy atom. The Hall–Kier alpha value is -2.73. The Morgan fingerprint density at radius 3 is 2.83 bits per heavy atom. The predicted octanol–water partition coefficient (Wildman–Crippen LogP) is 4.44. The highest BCUT2D eigenvalue weighted by atomic mass is 32.1. The molecule has 24 heavy (non-hydrogen) atoms. The molecule has 0 fully saturated rings. The summed E-state index contributed by atoms with van der Waals surface area (Å²) in [6.45, 7) is 0. The van der Waals surface area contributed by atoms with Crippen molar-refractivity contribution < 1.29 is 18.7 Å². The summed E-state index contributed by atoms with van der Waals surface area (Å²) in [7, 11) is 1.34. The van der Waals surface area contributed by atoms with Gasteiger partial charge in [0.1, 0.15) is 22.3 Å². The lowest BCUT2D eigenvalue weighted by molar-refractivity contribution is -0.139. The van der Waals surface area contributed by atoms with Crippen LogP contribution >= 0.6 is 11.3 Å². The summed E-state index contributed by atoms with van der Waals surface area (Å²) in [5.41, 5.74) is 2.07. The first-order valence-corrected chi connectivity index (χ1v) is 8.11. The summed E-state index contributed by atoms with van der Waals surface area (Å²) in [5, 5.41) is 0.624. The van der Waals surface area contributed by atoms with Gasteiger partial charge in [0.15, 0.2) is 0 Å². The maximum atomic E-state index is 13.8. The molecular formula is C18H12FNO3S. The van der Waals surface area contributed by atoms with Crippen LogP contribution in [0.2, 0.25) is 0 Å². The maximum absolute atomic E-state index is 13.8. The van der Waals surface area contributed by atoms with Crippen LogP contribution in [0.1, 0.15) is 5.01 Å². The van der Waals surface area contributed by atoms with E-state index in [4.69, 9.17) is 9.47 Å². The standard InChI is InChI=1S/C18H12FNO3S/c1-22-16(21)9-15-20-17-12-8-10(19)6-7-14(12)23-13-5-3-2-4-11(13)18(17)24-15/h2-8H,9H2,1H3. The number of rotatable bonds is 2. The van der Waals surface area contributed by atoms with Gasteiger partial charge in [-0.25, -0.2) is 9.37 Å². The Kier molecular flexibility index (Phi) is 3.54. The van der Waals surface area contributed by atoms with Gasteiger partial charge >= 0.3 is 5.97 Å². The number of para-hydroxylation sites is 1. The first-order valence-electron chi connectivity index (χ1n) is 7.29. The molecule has 0 saturated heterocycles. The molecule has 0 aliphatic carbocycles. The van der Waals surface area contributed by atoms with Crippen molar-refractivity contribution in [2.24, 2.45) is 0 Å². The molecule has 1 aromatic heterocycles. The van der Waals surface area contributed by atoms with Crippen molar-refractivity contribution in [1.82, 2.24) is 4.98 Å². The Bertz CT molecular complexity index is 951. The number of benzene rings is 2. The van der Waals surface area contributed by atoms with Crippen LogP contribution in [0.4, 0.5) is 4.39 Å². The minimum Gasteiger partial charge on any atom is -0.469 e. The Labute approximate surface area is 141 Å². The first-order chi connectivity index (χ1) is 11.7. The van der Waals surface area contributed by atoms with Crippen molar-refractivity contribution >= 4 is 17.3 Å². The molecule has 0 N–H and O–H groups in total. The van der Waals surface area contributed by atoms with Crippen molar-refractivity contribution in [3.05, 3.63) is 53.3 Å². The summed E-state index contributed by atoms with van der Waals surface area (Å²) in [6, 6.07) is 11.9. The number of carbonyl (C=O) groups is 1. The summed E-state index contributed by atoms with van der Waals surface area (Å²) in [6.07, 6.45) is 0.0852. The fraction of sp³-hybridized carbons (Fsp3) is 0.111. The number of thiazole rings is 1. The van der Waals surface area contributed by atoms with Crippen LogP contribution in [0.15, 0.2) is 42.5 Å². The molecule has 4 rings (SSSR count). The molecule has 0 bridgehead atoms. The van der Waals surface area contributed by atoms with Crippen LogP contribution in [0.3, 0.4) is 0 Å². The lowest BCUT2D eigenvalue weighted by Gasteiger charge is -2.08. The lowest BCUT2D eigenvalue weighted by atomic mass is 10.1. The highest BCUT2D eigenvalue weighted by molar-refractivity contribution is 7.15. The molecule has 0 unspecified atom stereocenters. The maximum Gasteiger partial charge on any atom is 0.312 e. The van der Waals surface area contributed by atoms with Crippen molar-refractivity contribution in [2.45, 2.75) is 6.42 Å². The molecular weight excluding hydrogens is 329 g/mol. The van der Waals surface area contributed by atoms with E-state index < -0.39 is 0 Å². The van der Waals surface area contributed by atoms with Gasteiger partial charge < -0.3 is 9.47 Å². The van der Waals surface area contributed by atoms with Gasteiger partial charge in [0.05, 0.1) is 24.1 Å². The van der Waals surface area contributed by atoms with E-state index in [0.717, 1.165) is 10.4 Å². The average Bonchev–Trinajstić information content (AvgIpc) is 2.95. The molecule has 0 amide bonds. The van der Waals surface area contributed by atoms with Crippen molar-refractivity contribution in [1.29, 1.82) is 0 Å². The fourth-order valence-corrected chi connectivity index (χ4v) is 3.73. The molecule has 0 spiro atoms. The summed E-state index contributed by atoms with van der Waals surface area (Å²) < 4.78 is 24.4. The van der Waals surface area contributed by atoms with Crippen molar-refractivity contribution in [3.63, 3.8) is 0 Å². The smallest absolute Gasteiger partial charge is 0.312 e. The van der Waals surface area contributed by atoms with Crippen LogP contribution < -0.4 is 4.74 Å². The minimum atomic E-state index is -0.364. The number of ether oxygens (including phenoxy) is 2. The van der Waals surface area contributed by atoms with Gasteiger partial charge in [-0.1, -0.05) is 12.1 Å². The number of hydrogen-bond acceptors (Lipinski definition) is 5. The van der Waals surface area contributed by atoms with E-state index >= 15 is 0 Å². The SMILES string of the molecule is COC(=O)Cc1nc2c(s1)-c1ccccc1Oc1ccc(F)cc1-2. The van der Waals surface area contributed by atoms with Crippen molar-refractivity contribution in [3.8, 4) is 33.2 Å². The number of aromatic nitrogens is 1. The van der Waals surface area contributed by atoms with Crippen LogP contribution in [-0.2, 0) is 16.0 Å². The summed E-state index contributed by atoms with van der Waals surface area (Å²) in [5.74, 6) is 0.495. The molecule has 0 saturated carbocycles. The molecule has 4 nitrogen and oxygen atoms in total. The quantitative estimate of drug-likeness (QED) is 0.506. The van der Waals surface area contributed by atoms with Gasteiger partial charge in [0.25, 0.3) is 0 Å². The third-order valence-corrected chi connectivity index (χ3v) is 4.83. The van der Waals surface area contributed by atoms with Gasteiger partial charge in [0, 0.05) is 11.1 Å². The minimum absolute atomic E-state index is 0.0852. The monoisotopic (exact) mass is 341 g/mol. The predicted molar refractivity (Wildman–Crippen MR) is 88.7 cm³/mol. The zero-order valence-corrected chi connectivity index (χ0v) is 13.5. The van der Waals surface area contributed by atoms with Crippen molar-refractivity contribution in [2.75, 3.05) is 7.11 Å². The van der Waals surface area contributed by atoms with Crippen LogP contribution in [0.5, 0.6) is 11.5 Å². The second-order valence-electron chi connectivity index (χ2n) is 5.28. The van der Waals surface area contributed by atoms with E-state index in [0.29, 0.717) is 27.8 Å². The summed E-state index contributed by atoms with van der Waals surface area (Å²) >= 11 is 1.39. The fourth-order valence-electron chi connectivity index (χ4n) is 2.64. The highest BCUT2D eigenvalue weighted by Gasteiger charge is 2.25. The van der Waals surface area contributed by atoms with E-state index in [-0.39, 0.29) is 18.2 Å². The largest absolute Gasteiger partial charge is 0.469 e. The van der Waals surface area contributed by atoms with E-state index in [1.54, 1.807) is 6.07 Å². The molecule has 2 heterocycles. The van der Waals surface area contributed by atoms with E-state index in [1.807, 2.05) is 24.3 Å². The van der Waals surface area contributed by atoms with Crippen LogP contribution in [0.25, 0.3) is 21.7 Å². The second kappa shape index (κ2) is 5.72. The second-order valence-corrected chi connectivity index (χ2v) is 6.36. The number of hydrogen-bond donors (Lipinski definition) is 0. The Balaban J connectivity index is 1.95. The molecule has 0 radical (unpaired) electrons. The van der Waals surface area contributed by atoms with E-state index in [1.165, 1.54) is 30.6 Å². The van der Waals surface area contributed by atoms with E-state index in [2.05, 4.69) is 4.98 Å². The lowest BCUT2D eigenvalue weighted by Crippen LogP contribution is -2.03. The first kappa shape index (κ1) is 14.8. The number of carbonyl (C=O) groups excluding carboxylic acids is 1. The molecule has 2 aromatic carbocycles. The zero-order chi connectivity index (χ0) is 16.7. The number of nitrogens with zero attached hydrogens (tertiary/aromatic N) is 1. The molecule has 1 aliphatic rings. The molecule has 1 aliphatic heterocycles. The van der Waals surface area contributed by atoms with Crippen LogP contribution in [0, 0.1) is 5.82 Å². The van der Waals surface area contributed by atoms with Gasteiger partial charge in [-0.3, -0.25) is 4.79 Å².